The second kappa shape index (κ2) is 4.70. The molecule has 0 radical (unpaired) electrons. The van der Waals surface area contributed by atoms with E-state index in [1.54, 1.807) is 6.92 Å². The van der Waals surface area contributed by atoms with E-state index >= 15 is 0 Å². The molecule has 0 spiro atoms. The number of halogens is 2. The maximum atomic E-state index is 11.9. The number of benzene rings is 1. The molecule has 0 aliphatic heterocycles. The zero-order valence-corrected chi connectivity index (χ0v) is 10.7. The topological polar surface area (TPSA) is 37.4 Å². The first-order valence-electron chi connectivity index (χ1n) is 4.31. The largest absolute Gasteiger partial charge is 0.242 e. The summed E-state index contributed by atoms with van der Waals surface area (Å²) in [6.45, 7) is 2.16. The Bertz CT molecular complexity index is 459. The number of hydrogen-bond donors (Lipinski definition) is 0. The quantitative estimate of drug-likeness (QED) is 0.845. The Labute approximate surface area is 99.7 Å². The summed E-state index contributed by atoms with van der Waals surface area (Å²) in [5.41, 5.74) is 0. The molecule has 0 aromatic heterocycles. The molecule has 15 heavy (non-hydrogen) atoms. The van der Waals surface area contributed by atoms with E-state index in [2.05, 4.69) is 0 Å². The van der Waals surface area contributed by atoms with Crippen molar-refractivity contribution in [2.24, 2.45) is 0 Å². The molecule has 0 bridgehead atoms. The maximum Gasteiger partial charge on any atom is 0.242 e. The van der Waals surface area contributed by atoms with Gasteiger partial charge in [-0.25, -0.2) is 12.7 Å². The van der Waals surface area contributed by atoms with Gasteiger partial charge in [0.05, 0.1) is 14.9 Å². The Hall–Kier alpha value is -0.290. The second-order valence-electron chi connectivity index (χ2n) is 3.00. The van der Waals surface area contributed by atoms with Crippen molar-refractivity contribution in [2.45, 2.75) is 11.8 Å². The Morgan fingerprint density at radius 2 is 1.87 bits per heavy atom. The van der Waals surface area contributed by atoms with Crippen LogP contribution in [0.4, 0.5) is 0 Å². The van der Waals surface area contributed by atoms with Gasteiger partial charge < -0.3 is 0 Å². The number of nitrogens with zero attached hydrogens (tertiary/aromatic N) is 1. The van der Waals surface area contributed by atoms with Gasteiger partial charge in [0.15, 0.2) is 0 Å². The first-order chi connectivity index (χ1) is 6.89. The van der Waals surface area contributed by atoms with E-state index < -0.39 is 10.0 Å². The molecule has 0 amide bonds. The fraction of sp³-hybridized carbons (Fsp3) is 0.333. The summed E-state index contributed by atoms with van der Waals surface area (Å²) in [7, 11) is -1.93. The van der Waals surface area contributed by atoms with Gasteiger partial charge in [0.25, 0.3) is 0 Å². The minimum Gasteiger partial charge on any atom is -0.207 e. The molecule has 1 aromatic carbocycles. The molecule has 84 valence electrons. The van der Waals surface area contributed by atoms with Gasteiger partial charge in [0.1, 0.15) is 0 Å². The van der Waals surface area contributed by atoms with Crippen molar-refractivity contribution in [2.75, 3.05) is 13.6 Å². The highest BCUT2D eigenvalue weighted by molar-refractivity contribution is 7.89. The van der Waals surface area contributed by atoms with Gasteiger partial charge in [-0.2, -0.15) is 0 Å². The maximum absolute atomic E-state index is 11.9. The smallest absolute Gasteiger partial charge is 0.207 e. The van der Waals surface area contributed by atoms with E-state index in [9.17, 15) is 8.42 Å². The van der Waals surface area contributed by atoms with Crippen LogP contribution in [0.2, 0.25) is 10.0 Å². The average molecular weight is 268 g/mol. The second-order valence-corrected chi connectivity index (χ2v) is 5.85. The zero-order chi connectivity index (χ0) is 11.6. The molecule has 0 saturated carbocycles. The van der Waals surface area contributed by atoms with Crippen molar-refractivity contribution in [3.8, 4) is 0 Å². The monoisotopic (exact) mass is 267 g/mol. The van der Waals surface area contributed by atoms with Crippen LogP contribution in [-0.2, 0) is 10.0 Å². The van der Waals surface area contributed by atoms with Gasteiger partial charge in [0, 0.05) is 13.6 Å². The SMILES string of the molecule is CCN(C)S(=O)(=O)c1ccc(Cl)c(Cl)c1. The van der Waals surface area contributed by atoms with E-state index in [4.69, 9.17) is 23.2 Å². The minimum absolute atomic E-state index is 0.154. The highest BCUT2D eigenvalue weighted by Gasteiger charge is 2.19. The first-order valence-corrected chi connectivity index (χ1v) is 6.50. The van der Waals surface area contributed by atoms with Gasteiger partial charge in [-0.15, -0.1) is 0 Å². The lowest BCUT2D eigenvalue weighted by Crippen LogP contribution is -2.26. The highest BCUT2D eigenvalue weighted by Crippen LogP contribution is 2.25. The van der Waals surface area contributed by atoms with Crippen LogP contribution in [0, 0.1) is 0 Å². The third kappa shape index (κ3) is 2.64. The molecular formula is C9H11Cl2NO2S. The normalized spacial score (nSPS) is 12.1. The van der Waals surface area contributed by atoms with Crippen LogP contribution in [0.3, 0.4) is 0 Å². The van der Waals surface area contributed by atoms with E-state index in [1.807, 2.05) is 0 Å². The van der Waals surface area contributed by atoms with Crippen LogP contribution in [0.5, 0.6) is 0 Å². The number of sulfonamides is 1. The van der Waals surface area contributed by atoms with Gasteiger partial charge in [-0.3, -0.25) is 0 Å². The van der Waals surface area contributed by atoms with E-state index in [-0.39, 0.29) is 9.92 Å². The van der Waals surface area contributed by atoms with Crippen LogP contribution in [0.1, 0.15) is 6.92 Å². The summed E-state index contributed by atoms with van der Waals surface area (Å²) in [6.07, 6.45) is 0. The van der Waals surface area contributed by atoms with Gasteiger partial charge in [0.2, 0.25) is 10.0 Å². The van der Waals surface area contributed by atoms with Gasteiger partial charge >= 0.3 is 0 Å². The van der Waals surface area contributed by atoms with Crippen LogP contribution < -0.4 is 0 Å². The van der Waals surface area contributed by atoms with Gasteiger partial charge in [-0.1, -0.05) is 30.1 Å². The zero-order valence-electron chi connectivity index (χ0n) is 8.37. The first kappa shape index (κ1) is 12.8. The van der Waals surface area contributed by atoms with E-state index in [0.717, 1.165) is 0 Å². The highest BCUT2D eigenvalue weighted by atomic mass is 35.5. The van der Waals surface area contributed by atoms with Gasteiger partial charge in [-0.05, 0) is 18.2 Å². The number of hydrogen-bond acceptors (Lipinski definition) is 2. The summed E-state index contributed by atoms with van der Waals surface area (Å²) >= 11 is 11.5. The average Bonchev–Trinajstić information content (AvgIpc) is 2.20. The molecule has 0 unspecified atom stereocenters. The van der Waals surface area contributed by atoms with Crippen LogP contribution in [-0.4, -0.2) is 26.3 Å². The summed E-state index contributed by atoms with van der Waals surface area (Å²) in [5, 5.41) is 0.581. The molecule has 1 rings (SSSR count). The third-order valence-electron chi connectivity index (χ3n) is 2.04. The molecule has 0 saturated heterocycles. The van der Waals surface area contributed by atoms with E-state index in [0.29, 0.717) is 11.6 Å². The molecule has 0 fully saturated rings. The fourth-order valence-electron chi connectivity index (χ4n) is 0.987. The standard InChI is InChI=1S/C9H11Cl2NO2S/c1-3-12(2)15(13,14)7-4-5-8(10)9(11)6-7/h4-6H,3H2,1-2H3. The molecular weight excluding hydrogens is 257 g/mol. The Morgan fingerprint density at radius 1 is 1.27 bits per heavy atom. The molecule has 1 aromatic rings. The van der Waals surface area contributed by atoms with Crippen molar-refractivity contribution >= 4 is 33.2 Å². The predicted molar refractivity (Wildman–Crippen MR) is 62.0 cm³/mol. The minimum atomic E-state index is -3.44. The molecule has 6 heteroatoms. The Morgan fingerprint density at radius 3 is 2.33 bits per heavy atom. The molecule has 0 N–H and O–H groups in total. The molecule has 0 atom stereocenters. The molecule has 0 aliphatic carbocycles. The van der Waals surface area contributed by atoms with E-state index in [1.165, 1.54) is 29.6 Å². The number of rotatable bonds is 3. The Kier molecular flexibility index (Phi) is 4.00. The lowest BCUT2D eigenvalue weighted by molar-refractivity contribution is 0.486. The van der Waals surface area contributed by atoms with Crippen LogP contribution >= 0.6 is 23.2 Å². The lowest BCUT2D eigenvalue weighted by Gasteiger charge is -2.14. The van der Waals surface area contributed by atoms with Crippen molar-refractivity contribution < 1.29 is 8.42 Å². The summed E-state index contributed by atoms with van der Waals surface area (Å²) in [4.78, 5) is 0.154. The molecule has 0 heterocycles. The summed E-state index contributed by atoms with van der Waals surface area (Å²) in [6, 6.07) is 4.27. The fourth-order valence-corrected chi connectivity index (χ4v) is 2.56. The third-order valence-corrected chi connectivity index (χ3v) is 4.71. The summed E-state index contributed by atoms with van der Waals surface area (Å²) < 4.78 is 24.9. The van der Waals surface area contributed by atoms with Crippen molar-refractivity contribution in [3.05, 3.63) is 28.2 Å². The molecule has 3 nitrogen and oxygen atoms in total. The van der Waals surface area contributed by atoms with Crippen LogP contribution in [0.15, 0.2) is 23.1 Å². The lowest BCUT2D eigenvalue weighted by atomic mass is 10.4. The Balaban J connectivity index is 3.23. The van der Waals surface area contributed by atoms with Crippen molar-refractivity contribution in [1.29, 1.82) is 0 Å². The summed E-state index contributed by atoms with van der Waals surface area (Å²) in [5.74, 6) is 0. The van der Waals surface area contributed by atoms with Crippen molar-refractivity contribution in [1.82, 2.24) is 4.31 Å². The molecule has 0 aliphatic rings. The van der Waals surface area contributed by atoms with Crippen LogP contribution in [0.25, 0.3) is 0 Å². The van der Waals surface area contributed by atoms with Crippen molar-refractivity contribution in [3.63, 3.8) is 0 Å². The predicted octanol–water partition coefficient (Wildman–Crippen LogP) is 2.63.